The van der Waals surface area contributed by atoms with Gasteiger partial charge >= 0.3 is 0 Å². The van der Waals surface area contributed by atoms with Gasteiger partial charge in [-0.1, -0.05) is 30.7 Å². The van der Waals surface area contributed by atoms with Gasteiger partial charge in [-0.25, -0.2) is 0 Å². The van der Waals surface area contributed by atoms with E-state index in [1.807, 2.05) is 31.2 Å². The van der Waals surface area contributed by atoms with Gasteiger partial charge in [0.05, 0.1) is 6.07 Å². The smallest absolute Gasteiger partial charge is 0.0628 e. The van der Waals surface area contributed by atoms with Crippen molar-refractivity contribution in [3.05, 3.63) is 34.9 Å². The summed E-state index contributed by atoms with van der Waals surface area (Å²) in [5, 5.41) is 9.22. The molecule has 0 fully saturated rings. The second-order valence-electron chi connectivity index (χ2n) is 2.81. The molecule has 0 spiro atoms. The summed E-state index contributed by atoms with van der Waals surface area (Å²) in [6.45, 7) is 2.03. The van der Waals surface area contributed by atoms with E-state index in [-0.39, 0.29) is 0 Å². The van der Waals surface area contributed by atoms with E-state index in [0.29, 0.717) is 12.3 Å². The van der Waals surface area contributed by atoms with Crippen LogP contribution in [0.1, 0.15) is 24.8 Å². The van der Waals surface area contributed by atoms with E-state index >= 15 is 0 Å². The molecule has 0 aliphatic carbocycles. The molecule has 0 bridgehead atoms. The highest BCUT2D eigenvalue weighted by atomic mass is 35.5. The number of nitriles is 1. The maximum atomic E-state index is 8.48. The fourth-order valence-electron chi connectivity index (χ4n) is 1.05. The van der Waals surface area contributed by atoms with Crippen molar-refractivity contribution in [3.63, 3.8) is 0 Å². The summed E-state index contributed by atoms with van der Waals surface area (Å²) in [6, 6.07) is 9.78. The first-order valence-electron chi connectivity index (χ1n) is 3.86. The fraction of sp³-hybridized carbons (Fsp3) is 0.300. The minimum atomic E-state index is 0.298. The lowest BCUT2D eigenvalue weighted by Crippen LogP contribution is -1.90. The predicted octanol–water partition coefficient (Wildman–Crippen LogP) is 3.36. The van der Waals surface area contributed by atoms with Gasteiger partial charge in [0.15, 0.2) is 0 Å². The molecule has 1 aromatic rings. The monoisotopic (exact) mass is 179 g/mol. The number of rotatable bonds is 2. The molecular formula is C10H10ClN. The van der Waals surface area contributed by atoms with Gasteiger partial charge in [0.1, 0.15) is 0 Å². The quantitative estimate of drug-likeness (QED) is 0.683. The summed E-state index contributed by atoms with van der Waals surface area (Å²) in [5.41, 5.74) is 1.17. The third kappa shape index (κ3) is 2.25. The number of nitrogens with zero attached hydrogens (tertiary/aromatic N) is 1. The second kappa shape index (κ2) is 4.13. The highest BCUT2D eigenvalue weighted by molar-refractivity contribution is 6.30. The van der Waals surface area contributed by atoms with Gasteiger partial charge < -0.3 is 0 Å². The second-order valence-corrected chi connectivity index (χ2v) is 3.25. The van der Waals surface area contributed by atoms with Crippen LogP contribution in [0.5, 0.6) is 0 Å². The molecule has 0 aromatic heterocycles. The topological polar surface area (TPSA) is 23.8 Å². The number of benzene rings is 1. The molecule has 1 atom stereocenters. The average Bonchev–Trinajstić information content (AvgIpc) is 2.06. The summed E-state index contributed by atoms with van der Waals surface area (Å²) in [7, 11) is 0. The minimum absolute atomic E-state index is 0.298. The Morgan fingerprint density at radius 1 is 1.42 bits per heavy atom. The fourth-order valence-corrected chi connectivity index (χ4v) is 1.17. The van der Waals surface area contributed by atoms with Gasteiger partial charge in [-0.3, -0.25) is 0 Å². The molecule has 0 N–H and O–H groups in total. The van der Waals surface area contributed by atoms with Crippen molar-refractivity contribution in [2.45, 2.75) is 19.3 Å². The van der Waals surface area contributed by atoms with Crippen LogP contribution in [-0.4, -0.2) is 0 Å². The molecule has 12 heavy (non-hydrogen) atoms. The summed E-state index contributed by atoms with van der Waals surface area (Å²) in [4.78, 5) is 0. The van der Waals surface area contributed by atoms with E-state index in [2.05, 4.69) is 6.07 Å². The lowest BCUT2D eigenvalue weighted by molar-refractivity contribution is 0.789. The highest BCUT2D eigenvalue weighted by Crippen LogP contribution is 2.20. The molecule has 0 saturated heterocycles. The Hall–Kier alpha value is -1.00. The zero-order chi connectivity index (χ0) is 8.97. The molecule has 0 aliphatic heterocycles. The Morgan fingerprint density at radius 2 is 2.00 bits per heavy atom. The lowest BCUT2D eigenvalue weighted by atomic mass is 9.99. The van der Waals surface area contributed by atoms with E-state index in [0.717, 1.165) is 5.02 Å². The zero-order valence-corrected chi connectivity index (χ0v) is 7.67. The van der Waals surface area contributed by atoms with Crippen LogP contribution in [-0.2, 0) is 0 Å². The van der Waals surface area contributed by atoms with E-state index in [1.165, 1.54) is 5.56 Å². The molecular weight excluding hydrogens is 170 g/mol. The Kier molecular flexibility index (Phi) is 3.13. The molecule has 0 radical (unpaired) electrons. The molecule has 2 heteroatoms. The zero-order valence-electron chi connectivity index (χ0n) is 6.92. The minimum Gasteiger partial charge on any atom is -0.198 e. The predicted molar refractivity (Wildman–Crippen MR) is 50.1 cm³/mol. The first kappa shape index (κ1) is 9.09. The van der Waals surface area contributed by atoms with Crippen LogP contribution in [0.25, 0.3) is 0 Å². The van der Waals surface area contributed by atoms with E-state index < -0.39 is 0 Å². The van der Waals surface area contributed by atoms with Gasteiger partial charge in [0, 0.05) is 11.4 Å². The summed E-state index contributed by atoms with van der Waals surface area (Å²) >= 11 is 5.73. The molecule has 0 unspecified atom stereocenters. The van der Waals surface area contributed by atoms with E-state index in [9.17, 15) is 0 Å². The Balaban J connectivity index is 2.76. The maximum absolute atomic E-state index is 8.48. The van der Waals surface area contributed by atoms with Crippen LogP contribution in [0.2, 0.25) is 5.02 Å². The molecule has 62 valence electrons. The third-order valence-corrected chi connectivity index (χ3v) is 2.09. The van der Waals surface area contributed by atoms with Crippen LogP contribution in [0.15, 0.2) is 24.3 Å². The summed E-state index contributed by atoms with van der Waals surface area (Å²) < 4.78 is 0. The highest BCUT2D eigenvalue weighted by Gasteiger charge is 2.03. The van der Waals surface area contributed by atoms with Crippen molar-refractivity contribution in [2.24, 2.45) is 0 Å². The first-order valence-corrected chi connectivity index (χ1v) is 4.24. The van der Waals surface area contributed by atoms with Crippen molar-refractivity contribution in [3.8, 4) is 6.07 Å². The number of hydrogen-bond acceptors (Lipinski definition) is 1. The van der Waals surface area contributed by atoms with Crippen LogP contribution in [0.3, 0.4) is 0 Å². The van der Waals surface area contributed by atoms with Crippen molar-refractivity contribution < 1.29 is 0 Å². The van der Waals surface area contributed by atoms with Gasteiger partial charge in [0.2, 0.25) is 0 Å². The molecule has 1 rings (SSSR count). The molecule has 1 nitrogen and oxygen atoms in total. The molecule has 1 aromatic carbocycles. The molecule has 0 saturated carbocycles. The Bertz CT molecular complexity index is 284. The van der Waals surface area contributed by atoms with Gasteiger partial charge in [-0.05, 0) is 23.6 Å². The largest absolute Gasteiger partial charge is 0.198 e. The van der Waals surface area contributed by atoms with Crippen LogP contribution >= 0.6 is 11.6 Å². The van der Waals surface area contributed by atoms with Crippen LogP contribution in [0, 0.1) is 11.3 Å². The molecule has 0 aliphatic rings. The normalized spacial score (nSPS) is 12.1. The maximum Gasteiger partial charge on any atom is 0.0628 e. The van der Waals surface area contributed by atoms with Crippen LogP contribution in [0.4, 0.5) is 0 Å². The number of halogens is 1. The van der Waals surface area contributed by atoms with Gasteiger partial charge in [-0.15, -0.1) is 0 Å². The Labute approximate surface area is 77.6 Å². The van der Waals surface area contributed by atoms with E-state index in [4.69, 9.17) is 16.9 Å². The Morgan fingerprint density at radius 3 is 2.50 bits per heavy atom. The van der Waals surface area contributed by atoms with Gasteiger partial charge in [-0.2, -0.15) is 5.26 Å². The van der Waals surface area contributed by atoms with Crippen molar-refractivity contribution in [2.75, 3.05) is 0 Å². The third-order valence-electron chi connectivity index (χ3n) is 1.84. The lowest BCUT2D eigenvalue weighted by Gasteiger charge is -2.06. The van der Waals surface area contributed by atoms with Crippen molar-refractivity contribution in [1.82, 2.24) is 0 Å². The SMILES string of the molecule is C[C@@H](CC#N)c1ccc(Cl)cc1. The van der Waals surface area contributed by atoms with Gasteiger partial charge in [0.25, 0.3) is 0 Å². The number of hydrogen-bond donors (Lipinski definition) is 0. The molecule has 0 amide bonds. The van der Waals surface area contributed by atoms with Crippen molar-refractivity contribution in [1.29, 1.82) is 5.26 Å². The first-order chi connectivity index (χ1) is 5.74. The van der Waals surface area contributed by atoms with Crippen LogP contribution < -0.4 is 0 Å². The standard InChI is InChI=1S/C10H10ClN/c1-8(6-7-12)9-2-4-10(11)5-3-9/h2-5,8H,6H2,1H3/t8-/m0/s1. The van der Waals surface area contributed by atoms with E-state index in [1.54, 1.807) is 0 Å². The molecule has 0 heterocycles. The van der Waals surface area contributed by atoms with Crippen molar-refractivity contribution >= 4 is 11.6 Å². The average molecular weight is 180 g/mol. The summed E-state index contributed by atoms with van der Waals surface area (Å²) in [6.07, 6.45) is 0.557. The summed E-state index contributed by atoms with van der Waals surface area (Å²) in [5.74, 6) is 0.298.